The Balaban J connectivity index is 2.04. The number of aromatic amines is 1. The molecule has 112 valence electrons. The van der Waals surface area contributed by atoms with Crippen LogP contribution in [0.2, 0.25) is 5.02 Å². The van der Waals surface area contributed by atoms with Crippen LogP contribution in [0.4, 0.5) is 4.39 Å². The highest BCUT2D eigenvalue weighted by molar-refractivity contribution is 6.34. The van der Waals surface area contributed by atoms with E-state index in [0.29, 0.717) is 17.1 Å². The van der Waals surface area contributed by atoms with Crippen LogP contribution in [0.5, 0.6) is 0 Å². The number of amides is 1. The summed E-state index contributed by atoms with van der Waals surface area (Å²) in [6, 6.07) is 8.30. The highest BCUT2D eigenvalue weighted by Crippen LogP contribution is 2.32. The predicted molar refractivity (Wildman–Crippen MR) is 84.0 cm³/mol. The van der Waals surface area contributed by atoms with E-state index in [4.69, 9.17) is 11.6 Å². The summed E-state index contributed by atoms with van der Waals surface area (Å²) in [4.78, 5) is 18.2. The fourth-order valence-corrected chi connectivity index (χ4v) is 2.55. The second kappa shape index (κ2) is 5.77. The number of pyridine rings is 1. The summed E-state index contributed by atoms with van der Waals surface area (Å²) in [5.41, 5.74) is 2.40. The van der Waals surface area contributed by atoms with E-state index in [1.54, 1.807) is 12.1 Å². The number of hydrogen-bond donors (Lipinski definition) is 2. The normalized spacial score (nSPS) is 10.9. The lowest BCUT2D eigenvalue weighted by atomic mass is 10.1. The molecule has 2 aromatic heterocycles. The Morgan fingerprint density at radius 1 is 1.41 bits per heavy atom. The molecule has 0 radical (unpaired) electrons. The fraction of sp³-hybridized carbons (Fsp3) is 0.125. The second-order valence-corrected chi connectivity index (χ2v) is 5.36. The molecule has 6 heteroatoms. The molecule has 0 bridgehead atoms. The van der Waals surface area contributed by atoms with Gasteiger partial charge in [-0.2, -0.15) is 0 Å². The van der Waals surface area contributed by atoms with E-state index in [0.717, 1.165) is 16.6 Å². The van der Waals surface area contributed by atoms with Crippen molar-refractivity contribution in [3.8, 4) is 11.3 Å². The minimum Gasteiger partial charge on any atom is -0.357 e. The summed E-state index contributed by atoms with van der Waals surface area (Å²) in [5.74, 6) is -0.526. The van der Waals surface area contributed by atoms with E-state index < -0.39 is 5.82 Å². The Bertz CT molecular complexity index is 860. The zero-order valence-electron chi connectivity index (χ0n) is 11.8. The number of carbonyl (C=O) groups is 1. The molecule has 0 aliphatic carbocycles. The fourth-order valence-electron chi connectivity index (χ4n) is 2.29. The number of rotatable bonds is 3. The largest absolute Gasteiger partial charge is 0.357 e. The van der Waals surface area contributed by atoms with Crippen LogP contribution < -0.4 is 5.32 Å². The van der Waals surface area contributed by atoms with Gasteiger partial charge in [0.2, 0.25) is 5.91 Å². The van der Waals surface area contributed by atoms with Gasteiger partial charge in [-0.1, -0.05) is 11.6 Å². The van der Waals surface area contributed by atoms with Crippen molar-refractivity contribution >= 4 is 28.4 Å². The molecule has 2 N–H and O–H groups in total. The third kappa shape index (κ3) is 2.80. The van der Waals surface area contributed by atoms with E-state index in [1.165, 1.54) is 25.3 Å². The maximum Gasteiger partial charge on any atom is 0.217 e. The number of carbonyl (C=O) groups excluding carboxylic acids is 1. The van der Waals surface area contributed by atoms with Crippen molar-refractivity contribution in [2.45, 2.75) is 13.5 Å². The molecule has 1 aromatic carbocycles. The number of nitrogens with zero attached hydrogens (tertiary/aromatic N) is 1. The SMILES string of the molecule is CC(=O)NCc1cc2cc(Cl)c(-c3ncccc3F)cc2[nH]1. The number of hydrogen-bond acceptors (Lipinski definition) is 2. The summed E-state index contributed by atoms with van der Waals surface area (Å²) < 4.78 is 13.9. The molecule has 0 fully saturated rings. The maximum absolute atomic E-state index is 13.9. The minimum atomic E-state index is -0.422. The van der Waals surface area contributed by atoms with E-state index >= 15 is 0 Å². The smallest absolute Gasteiger partial charge is 0.217 e. The monoisotopic (exact) mass is 317 g/mol. The van der Waals surface area contributed by atoms with Crippen LogP contribution in [0.25, 0.3) is 22.2 Å². The Hall–Kier alpha value is -2.40. The van der Waals surface area contributed by atoms with E-state index in [1.807, 2.05) is 6.07 Å². The van der Waals surface area contributed by atoms with Gasteiger partial charge in [0.05, 0.1) is 11.6 Å². The molecule has 0 spiro atoms. The molecule has 22 heavy (non-hydrogen) atoms. The van der Waals surface area contributed by atoms with Crippen molar-refractivity contribution in [3.63, 3.8) is 0 Å². The molecule has 0 unspecified atom stereocenters. The second-order valence-electron chi connectivity index (χ2n) is 4.96. The van der Waals surface area contributed by atoms with E-state index in [-0.39, 0.29) is 11.6 Å². The lowest BCUT2D eigenvalue weighted by Crippen LogP contribution is -2.18. The van der Waals surface area contributed by atoms with Crippen molar-refractivity contribution in [2.24, 2.45) is 0 Å². The minimum absolute atomic E-state index is 0.104. The zero-order chi connectivity index (χ0) is 15.7. The number of fused-ring (bicyclic) bond motifs is 1. The van der Waals surface area contributed by atoms with Crippen LogP contribution in [0, 0.1) is 5.82 Å². The summed E-state index contributed by atoms with van der Waals surface area (Å²) in [5, 5.41) is 4.04. The molecule has 3 rings (SSSR count). The number of halogens is 2. The number of aromatic nitrogens is 2. The van der Waals surface area contributed by atoms with Crippen LogP contribution >= 0.6 is 11.6 Å². The highest BCUT2D eigenvalue weighted by Gasteiger charge is 2.12. The van der Waals surface area contributed by atoms with Gasteiger partial charge >= 0.3 is 0 Å². The number of nitrogens with one attached hydrogen (secondary N) is 2. The van der Waals surface area contributed by atoms with Gasteiger partial charge in [0, 0.05) is 35.3 Å². The third-order valence-electron chi connectivity index (χ3n) is 3.31. The first-order chi connectivity index (χ1) is 10.5. The standard InChI is InChI=1S/C16H13ClFN3O/c1-9(22)20-8-11-5-10-6-13(17)12(7-15(10)21-11)16-14(18)3-2-4-19-16/h2-7,21H,8H2,1H3,(H,20,22). The van der Waals surface area contributed by atoms with Crippen LogP contribution in [0.3, 0.4) is 0 Å². The molecule has 1 amide bonds. The Labute approximate surface area is 131 Å². The topological polar surface area (TPSA) is 57.8 Å². The number of H-pyrrole nitrogens is 1. The Kier molecular flexibility index (Phi) is 3.81. The molecule has 4 nitrogen and oxygen atoms in total. The molecule has 3 aromatic rings. The van der Waals surface area contributed by atoms with Crippen molar-refractivity contribution in [2.75, 3.05) is 0 Å². The molecule has 0 saturated carbocycles. The number of benzene rings is 1. The van der Waals surface area contributed by atoms with Crippen molar-refractivity contribution in [1.29, 1.82) is 0 Å². The van der Waals surface area contributed by atoms with Gasteiger partial charge in [0.15, 0.2) is 0 Å². The van der Waals surface area contributed by atoms with Gasteiger partial charge in [0.25, 0.3) is 0 Å². The molecular formula is C16H13ClFN3O. The molecule has 2 heterocycles. The average Bonchev–Trinajstić information content (AvgIpc) is 2.87. The van der Waals surface area contributed by atoms with E-state index in [9.17, 15) is 9.18 Å². The predicted octanol–water partition coefficient (Wildman–Crippen LogP) is 3.66. The third-order valence-corrected chi connectivity index (χ3v) is 3.62. The quantitative estimate of drug-likeness (QED) is 0.774. The highest BCUT2D eigenvalue weighted by atomic mass is 35.5. The molecule has 0 aliphatic heterocycles. The molecule has 0 atom stereocenters. The van der Waals surface area contributed by atoms with Crippen LogP contribution in [0.15, 0.2) is 36.5 Å². The lowest BCUT2D eigenvalue weighted by Gasteiger charge is -2.05. The van der Waals surface area contributed by atoms with Crippen LogP contribution in [-0.2, 0) is 11.3 Å². The van der Waals surface area contributed by atoms with E-state index in [2.05, 4.69) is 15.3 Å². The van der Waals surface area contributed by atoms with Gasteiger partial charge in [-0.25, -0.2) is 4.39 Å². The first kappa shape index (κ1) is 14.5. The maximum atomic E-state index is 13.9. The first-order valence-corrected chi connectivity index (χ1v) is 7.09. The molecular weight excluding hydrogens is 305 g/mol. The summed E-state index contributed by atoms with van der Waals surface area (Å²) in [6.45, 7) is 1.86. The summed E-state index contributed by atoms with van der Waals surface area (Å²) in [7, 11) is 0. The van der Waals surface area contributed by atoms with Gasteiger partial charge in [-0.15, -0.1) is 0 Å². The van der Waals surface area contributed by atoms with Gasteiger partial charge < -0.3 is 10.3 Å². The van der Waals surface area contributed by atoms with Gasteiger partial charge in [0.1, 0.15) is 11.5 Å². The summed E-state index contributed by atoms with van der Waals surface area (Å²) in [6.07, 6.45) is 1.52. The van der Waals surface area contributed by atoms with Crippen molar-refractivity contribution < 1.29 is 9.18 Å². The van der Waals surface area contributed by atoms with Crippen LogP contribution in [-0.4, -0.2) is 15.9 Å². The first-order valence-electron chi connectivity index (χ1n) is 6.71. The van der Waals surface area contributed by atoms with Crippen molar-refractivity contribution in [3.05, 3.63) is 53.1 Å². The Morgan fingerprint density at radius 3 is 2.95 bits per heavy atom. The zero-order valence-corrected chi connectivity index (χ0v) is 12.5. The summed E-state index contributed by atoms with van der Waals surface area (Å²) >= 11 is 6.26. The van der Waals surface area contributed by atoms with Gasteiger partial charge in [-0.05, 0) is 30.3 Å². The average molecular weight is 318 g/mol. The molecule has 0 aliphatic rings. The lowest BCUT2D eigenvalue weighted by molar-refractivity contribution is -0.119. The van der Waals surface area contributed by atoms with Gasteiger partial charge in [-0.3, -0.25) is 9.78 Å². The van der Waals surface area contributed by atoms with Crippen LogP contribution in [0.1, 0.15) is 12.6 Å². The Morgan fingerprint density at radius 2 is 2.23 bits per heavy atom. The molecule has 0 saturated heterocycles. The van der Waals surface area contributed by atoms with Crippen molar-refractivity contribution in [1.82, 2.24) is 15.3 Å².